The van der Waals surface area contributed by atoms with E-state index in [0.717, 1.165) is 34.9 Å². The molecular formula is C20H20N4O4S. The molecule has 0 amide bonds. The van der Waals surface area contributed by atoms with Gasteiger partial charge in [-0.1, -0.05) is 13.0 Å². The zero-order valence-corrected chi connectivity index (χ0v) is 16.9. The quantitative estimate of drug-likeness (QED) is 0.471. The van der Waals surface area contributed by atoms with Gasteiger partial charge in [-0.3, -0.25) is 5.10 Å². The predicted octanol–water partition coefficient (Wildman–Crippen LogP) is 3.70. The van der Waals surface area contributed by atoms with Crippen molar-refractivity contribution in [2.24, 2.45) is 5.10 Å². The van der Waals surface area contributed by atoms with Crippen LogP contribution in [0.25, 0.3) is 0 Å². The van der Waals surface area contributed by atoms with E-state index in [0.29, 0.717) is 22.9 Å². The lowest BCUT2D eigenvalue weighted by Gasteiger charge is -2.11. The molecule has 4 rings (SSSR count). The minimum Gasteiger partial charge on any atom is -0.493 e. The van der Waals surface area contributed by atoms with Gasteiger partial charge in [0.2, 0.25) is 11.6 Å². The Hall–Kier alpha value is -3.33. The van der Waals surface area contributed by atoms with E-state index in [9.17, 15) is 0 Å². The molecule has 0 unspecified atom stereocenters. The summed E-state index contributed by atoms with van der Waals surface area (Å²) in [5.74, 6) is 3.49. The van der Waals surface area contributed by atoms with Gasteiger partial charge in [0.25, 0.3) is 0 Å². The number of rotatable bonds is 7. The highest BCUT2D eigenvalue weighted by atomic mass is 32.1. The van der Waals surface area contributed by atoms with Crippen molar-refractivity contribution in [3.8, 4) is 23.0 Å². The van der Waals surface area contributed by atoms with E-state index in [1.807, 2.05) is 43.3 Å². The van der Waals surface area contributed by atoms with Crippen LogP contribution in [-0.2, 0) is 13.0 Å². The molecule has 1 N–H and O–H groups in total. The van der Waals surface area contributed by atoms with Crippen molar-refractivity contribution in [3.63, 3.8) is 0 Å². The highest BCUT2D eigenvalue weighted by Gasteiger charge is 2.14. The number of nitrogens with zero attached hydrogens (tertiary/aromatic N) is 3. The highest BCUT2D eigenvalue weighted by molar-refractivity contribution is 7.71. The molecule has 0 saturated carbocycles. The van der Waals surface area contributed by atoms with Gasteiger partial charge in [0.05, 0.1) is 13.3 Å². The van der Waals surface area contributed by atoms with Crippen molar-refractivity contribution >= 4 is 18.4 Å². The van der Waals surface area contributed by atoms with Crippen LogP contribution in [0.4, 0.5) is 0 Å². The molecular weight excluding hydrogens is 392 g/mol. The average Bonchev–Trinajstić information content (AvgIpc) is 3.36. The molecule has 0 aliphatic carbocycles. The zero-order chi connectivity index (χ0) is 20.2. The number of ether oxygens (including phenoxy) is 4. The van der Waals surface area contributed by atoms with Crippen molar-refractivity contribution in [1.29, 1.82) is 0 Å². The molecule has 1 aliphatic rings. The van der Waals surface area contributed by atoms with Crippen LogP contribution in [0.5, 0.6) is 23.0 Å². The third-order valence-corrected chi connectivity index (χ3v) is 4.64. The number of nitrogens with one attached hydrogen (secondary N) is 1. The Morgan fingerprint density at radius 1 is 1.21 bits per heavy atom. The fourth-order valence-corrected chi connectivity index (χ4v) is 3.07. The normalized spacial score (nSPS) is 12.5. The molecule has 8 nitrogen and oxygen atoms in total. The summed E-state index contributed by atoms with van der Waals surface area (Å²) < 4.78 is 24.2. The first kappa shape index (κ1) is 19.0. The van der Waals surface area contributed by atoms with Crippen LogP contribution in [0.15, 0.2) is 41.5 Å². The summed E-state index contributed by atoms with van der Waals surface area (Å²) in [6.45, 7) is 2.62. The lowest BCUT2D eigenvalue weighted by Crippen LogP contribution is -2.00. The van der Waals surface area contributed by atoms with Crippen molar-refractivity contribution in [2.75, 3.05) is 13.9 Å². The predicted molar refractivity (Wildman–Crippen MR) is 110 cm³/mol. The molecule has 2 heterocycles. The summed E-state index contributed by atoms with van der Waals surface area (Å²) in [7, 11) is 1.60. The van der Waals surface area contributed by atoms with Crippen molar-refractivity contribution in [2.45, 2.75) is 20.0 Å². The molecule has 0 fully saturated rings. The fourth-order valence-electron chi connectivity index (χ4n) is 2.87. The molecule has 0 bridgehead atoms. The number of benzene rings is 2. The maximum Gasteiger partial charge on any atom is 0.231 e. The number of H-pyrrole nitrogens is 1. The van der Waals surface area contributed by atoms with Gasteiger partial charge in [-0.25, -0.2) is 0 Å². The van der Waals surface area contributed by atoms with E-state index < -0.39 is 0 Å². The van der Waals surface area contributed by atoms with Crippen LogP contribution >= 0.6 is 12.2 Å². The van der Waals surface area contributed by atoms with Crippen molar-refractivity contribution < 1.29 is 18.9 Å². The van der Waals surface area contributed by atoms with E-state index in [1.165, 1.54) is 0 Å². The van der Waals surface area contributed by atoms with Gasteiger partial charge in [-0.2, -0.15) is 14.9 Å². The lowest BCUT2D eigenvalue weighted by molar-refractivity contribution is 0.174. The Morgan fingerprint density at radius 2 is 2.07 bits per heavy atom. The first-order valence-corrected chi connectivity index (χ1v) is 9.48. The molecule has 0 spiro atoms. The van der Waals surface area contributed by atoms with E-state index in [-0.39, 0.29) is 6.79 Å². The van der Waals surface area contributed by atoms with Gasteiger partial charge in [-0.05, 0) is 53.7 Å². The molecule has 1 aromatic heterocycles. The number of aromatic nitrogens is 3. The summed E-state index contributed by atoms with van der Waals surface area (Å²) in [5, 5.41) is 11.3. The van der Waals surface area contributed by atoms with Crippen LogP contribution < -0.4 is 18.9 Å². The van der Waals surface area contributed by atoms with Crippen LogP contribution in [0.1, 0.15) is 23.9 Å². The third-order valence-electron chi connectivity index (χ3n) is 4.37. The van der Waals surface area contributed by atoms with Crippen LogP contribution in [0.3, 0.4) is 0 Å². The van der Waals surface area contributed by atoms with E-state index in [2.05, 4.69) is 15.3 Å². The van der Waals surface area contributed by atoms with Crippen LogP contribution in [0.2, 0.25) is 0 Å². The van der Waals surface area contributed by atoms with E-state index in [4.69, 9.17) is 31.2 Å². The van der Waals surface area contributed by atoms with Crippen LogP contribution in [0, 0.1) is 4.77 Å². The first-order chi connectivity index (χ1) is 14.2. The molecule has 0 radical (unpaired) electrons. The standard InChI is InChI=1S/C20H20N4O4S/c1-3-19-22-23-20(29)24(19)21-10-13-4-6-15(17(8-13)25-2)26-11-14-5-7-16-18(9-14)28-12-27-16/h4-10H,3,11-12H2,1-2H3,(H,23,29)/b21-10-. The van der Waals surface area contributed by atoms with Gasteiger partial charge in [-0.15, -0.1) is 0 Å². The number of hydrogen-bond donors (Lipinski definition) is 1. The molecule has 3 aromatic rings. The smallest absolute Gasteiger partial charge is 0.231 e. The Labute approximate surface area is 172 Å². The first-order valence-electron chi connectivity index (χ1n) is 9.08. The zero-order valence-electron chi connectivity index (χ0n) is 16.0. The Morgan fingerprint density at radius 3 is 2.90 bits per heavy atom. The molecule has 2 aromatic carbocycles. The monoisotopic (exact) mass is 412 g/mol. The SMILES string of the molecule is CCc1n[nH]c(=S)n1/N=C\c1ccc(OCc2ccc3c(c2)OCO3)c(OC)c1. The summed E-state index contributed by atoms with van der Waals surface area (Å²) in [4.78, 5) is 0. The summed E-state index contributed by atoms with van der Waals surface area (Å²) in [6.07, 6.45) is 2.43. The minimum atomic E-state index is 0.250. The molecule has 0 atom stereocenters. The fraction of sp³-hybridized carbons (Fsp3) is 0.250. The number of aromatic amines is 1. The second kappa shape index (κ2) is 8.36. The molecule has 150 valence electrons. The largest absolute Gasteiger partial charge is 0.493 e. The Bertz CT molecular complexity index is 1110. The minimum absolute atomic E-state index is 0.250. The number of fused-ring (bicyclic) bond motifs is 1. The maximum absolute atomic E-state index is 5.93. The van der Waals surface area contributed by atoms with Crippen molar-refractivity contribution in [3.05, 3.63) is 58.1 Å². The second-order valence-corrected chi connectivity index (χ2v) is 6.63. The molecule has 9 heteroatoms. The third kappa shape index (κ3) is 4.09. The van der Waals surface area contributed by atoms with Gasteiger partial charge < -0.3 is 18.9 Å². The van der Waals surface area contributed by atoms with Gasteiger partial charge in [0, 0.05) is 6.42 Å². The van der Waals surface area contributed by atoms with E-state index in [1.54, 1.807) is 18.0 Å². The van der Waals surface area contributed by atoms with Gasteiger partial charge in [0.15, 0.2) is 28.8 Å². The second-order valence-electron chi connectivity index (χ2n) is 6.24. The number of hydrogen-bond acceptors (Lipinski definition) is 7. The summed E-state index contributed by atoms with van der Waals surface area (Å²) >= 11 is 5.20. The van der Waals surface area contributed by atoms with Gasteiger partial charge >= 0.3 is 0 Å². The molecule has 29 heavy (non-hydrogen) atoms. The number of aryl methyl sites for hydroxylation is 1. The molecule has 1 aliphatic heterocycles. The average molecular weight is 412 g/mol. The van der Waals surface area contributed by atoms with Gasteiger partial charge in [0.1, 0.15) is 6.61 Å². The van der Waals surface area contributed by atoms with Crippen molar-refractivity contribution in [1.82, 2.24) is 14.9 Å². The molecule has 0 saturated heterocycles. The Balaban J connectivity index is 1.48. The Kier molecular flexibility index (Phi) is 5.48. The van der Waals surface area contributed by atoms with E-state index >= 15 is 0 Å². The van der Waals surface area contributed by atoms with Crippen LogP contribution in [-0.4, -0.2) is 35.0 Å². The summed E-state index contributed by atoms with van der Waals surface area (Å²) in [5.41, 5.74) is 1.82. The topological polar surface area (TPSA) is 82.9 Å². The lowest BCUT2D eigenvalue weighted by atomic mass is 10.2. The summed E-state index contributed by atoms with van der Waals surface area (Å²) in [6, 6.07) is 11.3. The maximum atomic E-state index is 5.93. The highest BCUT2D eigenvalue weighted by Crippen LogP contribution is 2.33. The number of methoxy groups -OCH3 is 1.